The maximum Gasteiger partial charge on any atom is 0.223 e. The van der Waals surface area contributed by atoms with E-state index in [0.29, 0.717) is 25.4 Å². The quantitative estimate of drug-likeness (QED) is 0.773. The number of imidazole rings is 1. The predicted molar refractivity (Wildman–Crippen MR) is 92.9 cm³/mol. The van der Waals surface area contributed by atoms with Crippen molar-refractivity contribution in [3.63, 3.8) is 0 Å². The van der Waals surface area contributed by atoms with Crippen LogP contribution in [0.15, 0.2) is 36.7 Å². The standard InChI is InChI=1S/C19H26FN3O/c1-14(2)11-19(24)23(15(3)4)13-18-21-9-10-22(18)12-16-5-7-17(20)8-6-16/h5-10,14-15H,11-13H2,1-4H3. The van der Waals surface area contributed by atoms with Crippen molar-refractivity contribution in [2.75, 3.05) is 0 Å². The Morgan fingerprint density at radius 2 is 1.88 bits per heavy atom. The van der Waals surface area contributed by atoms with Crippen molar-refractivity contribution in [1.82, 2.24) is 14.5 Å². The number of carbonyl (C=O) groups excluding carboxylic acids is 1. The molecule has 1 aromatic carbocycles. The van der Waals surface area contributed by atoms with E-state index in [2.05, 4.69) is 4.98 Å². The van der Waals surface area contributed by atoms with Crippen molar-refractivity contribution in [3.8, 4) is 0 Å². The van der Waals surface area contributed by atoms with Crippen molar-refractivity contribution in [2.45, 2.75) is 53.2 Å². The van der Waals surface area contributed by atoms with Gasteiger partial charge in [-0.25, -0.2) is 9.37 Å². The topological polar surface area (TPSA) is 38.1 Å². The molecule has 2 aromatic rings. The van der Waals surface area contributed by atoms with E-state index >= 15 is 0 Å². The molecule has 24 heavy (non-hydrogen) atoms. The Balaban J connectivity index is 2.12. The summed E-state index contributed by atoms with van der Waals surface area (Å²) in [6, 6.07) is 6.57. The van der Waals surface area contributed by atoms with Gasteiger partial charge < -0.3 is 9.47 Å². The van der Waals surface area contributed by atoms with Gasteiger partial charge in [-0.1, -0.05) is 26.0 Å². The molecular formula is C19H26FN3O. The summed E-state index contributed by atoms with van der Waals surface area (Å²) in [7, 11) is 0. The molecule has 5 heteroatoms. The number of rotatable bonds is 7. The number of hydrogen-bond donors (Lipinski definition) is 0. The first-order valence-electron chi connectivity index (χ1n) is 8.40. The van der Waals surface area contributed by atoms with E-state index in [-0.39, 0.29) is 17.8 Å². The Morgan fingerprint density at radius 1 is 1.21 bits per heavy atom. The predicted octanol–water partition coefficient (Wildman–Crippen LogP) is 3.85. The Labute approximate surface area is 143 Å². The normalized spacial score (nSPS) is 11.3. The number of amides is 1. The number of carbonyl (C=O) groups is 1. The summed E-state index contributed by atoms with van der Waals surface area (Å²) >= 11 is 0. The van der Waals surface area contributed by atoms with Crippen LogP contribution in [0.2, 0.25) is 0 Å². The van der Waals surface area contributed by atoms with Gasteiger partial charge in [0.1, 0.15) is 11.6 Å². The molecule has 0 aliphatic carbocycles. The van der Waals surface area contributed by atoms with Crippen molar-refractivity contribution in [2.24, 2.45) is 5.92 Å². The third-order valence-corrected chi connectivity index (χ3v) is 3.91. The fraction of sp³-hybridized carbons (Fsp3) is 0.474. The van der Waals surface area contributed by atoms with Crippen LogP contribution in [-0.4, -0.2) is 26.4 Å². The molecule has 1 aromatic heterocycles. The van der Waals surface area contributed by atoms with Crippen molar-refractivity contribution in [1.29, 1.82) is 0 Å². The number of benzene rings is 1. The summed E-state index contributed by atoms with van der Waals surface area (Å²) in [6.45, 7) is 9.23. The van der Waals surface area contributed by atoms with Crippen molar-refractivity contribution < 1.29 is 9.18 Å². The summed E-state index contributed by atoms with van der Waals surface area (Å²) in [5.41, 5.74) is 1.00. The van der Waals surface area contributed by atoms with Gasteiger partial charge in [-0.3, -0.25) is 4.79 Å². The molecule has 0 unspecified atom stereocenters. The van der Waals surface area contributed by atoms with E-state index in [1.54, 1.807) is 18.3 Å². The molecule has 0 saturated heterocycles. The lowest BCUT2D eigenvalue weighted by atomic mass is 10.1. The Kier molecular flexibility index (Phi) is 6.12. The van der Waals surface area contributed by atoms with Gasteiger partial charge in [0.05, 0.1) is 6.54 Å². The van der Waals surface area contributed by atoms with E-state index in [4.69, 9.17) is 0 Å². The highest BCUT2D eigenvalue weighted by atomic mass is 19.1. The molecule has 1 heterocycles. The fourth-order valence-corrected chi connectivity index (χ4v) is 2.60. The maximum atomic E-state index is 13.0. The van der Waals surface area contributed by atoms with Gasteiger partial charge in [0.15, 0.2) is 0 Å². The summed E-state index contributed by atoms with van der Waals surface area (Å²) < 4.78 is 15.0. The van der Waals surface area contributed by atoms with Crippen LogP contribution >= 0.6 is 0 Å². The molecule has 4 nitrogen and oxygen atoms in total. The fourth-order valence-electron chi connectivity index (χ4n) is 2.60. The van der Waals surface area contributed by atoms with Gasteiger partial charge in [0.2, 0.25) is 5.91 Å². The molecule has 130 valence electrons. The van der Waals surface area contributed by atoms with E-state index in [1.165, 1.54) is 12.1 Å². The molecule has 0 bridgehead atoms. The first kappa shape index (κ1) is 18.2. The van der Waals surface area contributed by atoms with Gasteiger partial charge in [0, 0.05) is 31.4 Å². The van der Waals surface area contributed by atoms with E-state index in [9.17, 15) is 9.18 Å². The average molecular weight is 331 g/mol. The maximum absolute atomic E-state index is 13.0. The van der Waals surface area contributed by atoms with Crippen molar-refractivity contribution in [3.05, 3.63) is 53.9 Å². The van der Waals surface area contributed by atoms with Gasteiger partial charge in [-0.2, -0.15) is 0 Å². The van der Waals surface area contributed by atoms with Crippen molar-refractivity contribution >= 4 is 5.91 Å². The number of hydrogen-bond acceptors (Lipinski definition) is 2. The van der Waals surface area contributed by atoms with Crippen LogP contribution in [-0.2, 0) is 17.9 Å². The second-order valence-electron chi connectivity index (χ2n) is 6.81. The van der Waals surface area contributed by atoms with Gasteiger partial charge in [-0.05, 0) is 37.5 Å². The molecule has 0 aliphatic rings. The molecule has 0 atom stereocenters. The number of aromatic nitrogens is 2. The minimum Gasteiger partial charge on any atom is -0.333 e. The summed E-state index contributed by atoms with van der Waals surface area (Å²) in [6.07, 6.45) is 4.17. The molecule has 2 rings (SSSR count). The van der Waals surface area contributed by atoms with E-state index in [0.717, 1.165) is 11.4 Å². The minimum absolute atomic E-state index is 0.118. The third kappa shape index (κ3) is 4.91. The smallest absolute Gasteiger partial charge is 0.223 e. The number of nitrogens with zero attached hydrogens (tertiary/aromatic N) is 3. The monoisotopic (exact) mass is 331 g/mol. The zero-order chi connectivity index (χ0) is 17.7. The van der Waals surface area contributed by atoms with E-state index < -0.39 is 0 Å². The lowest BCUT2D eigenvalue weighted by Crippen LogP contribution is -2.37. The van der Waals surface area contributed by atoms with Crippen LogP contribution in [0.5, 0.6) is 0 Å². The minimum atomic E-state index is -0.241. The molecule has 0 fully saturated rings. The van der Waals surface area contributed by atoms with Gasteiger partial charge in [0.25, 0.3) is 0 Å². The zero-order valence-electron chi connectivity index (χ0n) is 14.9. The van der Waals surface area contributed by atoms with E-state index in [1.807, 2.05) is 43.4 Å². The summed E-state index contributed by atoms with van der Waals surface area (Å²) in [5.74, 6) is 1.08. The Bertz CT molecular complexity index is 662. The highest BCUT2D eigenvalue weighted by Crippen LogP contribution is 2.14. The summed E-state index contributed by atoms with van der Waals surface area (Å²) in [4.78, 5) is 18.7. The molecular weight excluding hydrogens is 305 g/mol. The summed E-state index contributed by atoms with van der Waals surface area (Å²) in [5, 5.41) is 0. The second kappa shape index (κ2) is 8.08. The van der Waals surface area contributed by atoms with Crippen LogP contribution < -0.4 is 0 Å². The Morgan fingerprint density at radius 3 is 2.46 bits per heavy atom. The molecule has 1 amide bonds. The second-order valence-corrected chi connectivity index (χ2v) is 6.81. The average Bonchev–Trinajstić information content (AvgIpc) is 2.93. The molecule has 0 radical (unpaired) electrons. The van der Waals surface area contributed by atoms with Gasteiger partial charge in [-0.15, -0.1) is 0 Å². The van der Waals surface area contributed by atoms with Crippen LogP contribution in [0.1, 0.15) is 45.5 Å². The lowest BCUT2D eigenvalue weighted by molar-refractivity contribution is -0.134. The first-order valence-corrected chi connectivity index (χ1v) is 8.40. The Hall–Kier alpha value is -2.17. The zero-order valence-corrected chi connectivity index (χ0v) is 14.9. The molecule has 0 spiro atoms. The van der Waals surface area contributed by atoms with Crippen LogP contribution in [0.3, 0.4) is 0 Å². The highest BCUT2D eigenvalue weighted by molar-refractivity contribution is 5.76. The first-order chi connectivity index (χ1) is 11.4. The SMILES string of the molecule is CC(C)CC(=O)N(Cc1nccn1Cc1ccc(F)cc1)C(C)C. The van der Waals surface area contributed by atoms with Crippen LogP contribution in [0.4, 0.5) is 4.39 Å². The lowest BCUT2D eigenvalue weighted by Gasteiger charge is -2.27. The largest absolute Gasteiger partial charge is 0.333 e. The highest BCUT2D eigenvalue weighted by Gasteiger charge is 2.20. The number of halogens is 1. The molecule has 0 N–H and O–H groups in total. The van der Waals surface area contributed by atoms with Crippen LogP contribution in [0, 0.1) is 11.7 Å². The molecule has 0 saturated carbocycles. The van der Waals surface area contributed by atoms with Gasteiger partial charge >= 0.3 is 0 Å². The third-order valence-electron chi connectivity index (χ3n) is 3.91. The molecule has 0 aliphatic heterocycles. The van der Waals surface area contributed by atoms with Crippen LogP contribution in [0.25, 0.3) is 0 Å².